The summed E-state index contributed by atoms with van der Waals surface area (Å²) in [5, 5.41) is 0. The van der Waals surface area contributed by atoms with E-state index in [1.54, 1.807) is 0 Å². The van der Waals surface area contributed by atoms with Crippen LogP contribution in [0.15, 0.2) is 47.7 Å². The van der Waals surface area contributed by atoms with Gasteiger partial charge in [-0.05, 0) is 0 Å². The molecule has 1 aromatic rings. The molecule has 2 rings (SSSR count). The van der Waals surface area contributed by atoms with Gasteiger partial charge in [-0.25, -0.2) is 9.59 Å². The van der Waals surface area contributed by atoms with Gasteiger partial charge in [-0.3, -0.25) is 0 Å². The van der Waals surface area contributed by atoms with Crippen LogP contribution < -0.4 is 0 Å². The number of esters is 2. The smallest absolute Gasteiger partial charge is 0.338 e. The van der Waals surface area contributed by atoms with E-state index in [0.717, 1.165) is 5.56 Å². The molecule has 1 aliphatic rings. The maximum Gasteiger partial charge on any atom is 0.338 e. The Balaban J connectivity index is 2.36. The van der Waals surface area contributed by atoms with Gasteiger partial charge in [0.05, 0.1) is 25.9 Å². The van der Waals surface area contributed by atoms with Gasteiger partial charge in [-0.15, -0.1) is 0 Å². The monoisotopic (exact) mass is 274 g/mol. The molecule has 0 bridgehead atoms. The van der Waals surface area contributed by atoms with Crippen molar-refractivity contribution in [1.82, 2.24) is 0 Å². The predicted molar refractivity (Wildman–Crippen MR) is 71.2 cm³/mol. The molecule has 0 saturated heterocycles. The minimum Gasteiger partial charge on any atom is -0.466 e. The number of allylic oxidation sites excluding steroid dienone is 1. The fourth-order valence-electron chi connectivity index (χ4n) is 1.86. The van der Waals surface area contributed by atoms with Gasteiger partial charge in [-0.2, -0.15) is 0 Å². The fourth-order valence-corrected chi connectivity index (χ4v) is 1.86. The molecule has 0 unspecified atom stereocenters. The lowest BCUT2D eigenvalue weighted by molar-refractivity contribution is -0.136. The summed E-state index contributed by atoms with van der Waals surface area (Å²) in [4.78, 5) is 23.0. The van der Waals surface area contributed by atoms with E-state index >= 15 is 0 Å². The number of carbonyl (C=O) groups is 2. The van der Waals surface area contributed by atoms with Crippen molar-refractivity contribution in [2.75, 3.05) is 14.2 Å². The molecular formula is C15H14O5. The van der Waals surface area contributed by atoms with E-state index in [9.17, 15) is 9.59 Å². The molecule has 20 heavy (non-hydrogen) atoms. The first kappa shape index (κ1) is 13.9. The van der Waals surface area contributed by atoms with Crippen molar-refractivity contribution in [2.24, 2.45) is 0 Å². The quantitative estimate of drug-likeness (QED) is 0.623. The van der Waals surface area contributed by atoms with Gasteiger partial charge >= 0.3 is 11.9 Å². The van der Waals surface area contributed by atoms with Crippen LogP contribution in [0.4, 0.5) is 0 Å². The van der Waals surface area contributed by atoms with Crippen molar-refractivity contribution >= 4 is 17.7 Å². The molecule has 0 amide bonds. The van der Waals surface area contributed by atoms with Crippen molar-refractivity contribution in [1.29, 1.82) is 0 Å². The highest BCUT2D eigenvalue weighted by atomic mass is 16.5. The zero-order valence-electron chi connectivity index (χ0n) is 11.2. The second kappa shape index (κ2) is 6.06. The van der Waals surface area contributed by atoms with Crippen molar-refractivity contribution in [3.05, 3.63) is 53.3 Å². The zero-order chi connectivity index (χ0) is 14.5. The van der Waals surface area contributed by atoms with Gasteiger partial charge in [-0.1, -0.05) is 30.3 Å². The Labute approximate surface area is 116 Å². The lowest BCUT2D eigenvalue weighted by Gasteiger charge is -2.05. The van der Waals surface area contributed by atoms with Crippen LogP contribution in [0.25, 0.3) is 5.76 Å². The number of hydrogen-bond acceptors (Lipinski definition) is 5. The van der Waals surface area contributed by atoms with Crippen molar-refractivity contribution in [2.45, 2.75) is 6.42 Å². The molecule has 1 aliphatic heterocycles. The first-order valence-corrected chi connectivity index (χ1v) is 5.99. The van der Waals surface area contributed by atoms with Crippen molar-refractivity contribution < 1.29 is 23.8 Å². The molecular weight excluding hydrogens is 260 g/mol. The number of methoxy groups -OCH3 is 2. The van der Waals surface area contributed by atoms with Gasteiger partial charge in [0, 0.05) is 12.0 Å². The molecule has 0 spiro atoms. The van der Waals surface area contributed by atoms with Gasteiger partial charge in [0.2, 0.25) is 0 Å². The predicted octanol–water partition coefficient (Wildman–Crippen LogP) is 2.05. The molecule has 5 heteroatoms. The van der Waals surface area contributed by atoms with E-state index in [1.807, 2.05) is 30.3 Å². The topological polar surface area (TPSA) is 61.8 Å². The highest BCUT2D eigenvalue weighted by Crippen LogP contribution is 2.35. The van der Waals surface area contributed by atoms with E-state index in [0.29, 0.717) is 17.1 Å². The second-order valence-electron chi connectivity index (χ2n) is 4.08. The number of rotatable bonds is 3. The average Bonchev–Trinajstić information content (AvgIpc) is 2.91. The summed E-state index contributed by atoms with van der Waals surface area (Å²) in [6.45, 7) is 0. The Morgan fingerprint density at radius 2 is 1.85 bits per heavy atom. The van der Waals surface area contributed by atoms with Crippen LogP contribution in [0.2, 0.25) is 0 Å². The normalized spacial score (nSPS) is 16.0. The Morgan fingerprint density at radius 3 is 2.45 bits per heavy atom. The number of hydrogen-bond donors (Lipinski definition) is 0. The van der Waals surface area contributed by atoms with Crippen LogP contribution in [0.3, 0.4) is 0 Å². The molecule has 0 aliphatic carbocycles. The Morgan fingerprint density at radius 1 is 1.15 bits per heavy atom. The number of benzene rings is 1. The van der Waals surface area contributed by atoms with Crippen LogP contribution in [0, 0.1) is 0 Å². The van der Waals surface area contributed by atoms with Crippen LogP contribution in [-0.4, -0.2) is 26.2 Å². The average molecular weight is 274 g/mol. The van der Waals surface area contributed by atoms with Crippen LogP contribution >= 0.6 is 0 Å². The number of carbonyl (C=O) groups excluding carboxylic acids is 2. The van der Waals surface area contributed by atoms with Crippen LogP contribution in [-0.2, 0) is 23.8 Å². The standard InChI is InChI=1S/C15H14O5/c1-18-13(16)9-11-8-12(15(17)19-2)14(20-11)10-6-4-3-5-7-10/h3-7,9H,8H2,1-2H3/b11-9-. The lowest BCUT2D eigenvalue weighted by Crippen LogP contribution is -2.04. The molecule has 5 nitrogen and oxygen atoms in total. The molecule has 1 aromatic carbocycles. The summed E-state index contributed by atoms with van der Waals surface area (Å²) in [5.41, 5.74) is 1.13. The molecule has 1 heterocycles. The van der Waals surface area contributed by atoms with Crippen LogP contribution in [0.1, 0.15) is 12.0 Å². The minimum absolute atomic E-state index is 0.200. The largest absolute Gasteiger partial charge is 0.466 e. The van der Waals surface area contributed by atoms with Crippen molar-refractivity contribution in [3.63, 3.8) is 0 Å². The Bertz CT molecular complexity index is 584. The summed E-state index contributed by atoms with van der Waals surface area (Å²) in [6.07, 6.45) is 1.42. The molecule has 0 fully saturated rings. The fraction of sp³-hybridized carbons (Fsp3) is 0.200. The summed E-state index contributed by atoms with van der Waals surface area (Å²) in [6, 6.07) is 9.17. The Hall–Kier alpha value is -2.56. The van der Waals surface area contributed by atoms with Gasteiger partial charge in [0.25, 0.3) is 0 Å². The zero-order valence-corrected chi connectivity index (χ0v) is 11.2. The summed E-state index contributed by atoms with van der Waals surface area (Å²) >= 11 is 0. The van der Waals surface area contributed by atoms with E-state index in [4.69, 9.17) is 9.47 Å². The molecule has 0 saturated carbocycles. The SMILES string of the molecule is COC(=O)/C=C1/CC(C(=O)OC)=C(c2ccccc2)O1. The van der Waals surface area contributed by atoms with E-state index in [-0.39, 0.29) is 6.42 Å². The maximum absolute atomic E-state index is 11.8. The second-order valence-corrected chi connectivity index (χ2v) is 4.08. The highest BCUT2D eigenvalue weighted by Gasteiger charge is 2.28. The first-order chi connectivity index (χ1) is 9.65. The third-order valence-corrected chi connectivity index (χ3v) is 2.81. The van der Waals surface area contributed by atoms with E-state index < -0.39 is 11.9 Å². The minimum atomic E-state index is -0.529. The van der Waals surface area contributed by atoms with E-state index in [1.165, 1.54) is 20.3 Å². The Kier molecular flexibility index (Phi) is 4.20. The highest BCUT2D eigenvalue weighted by molar-refractivity contribution is 5.98. The number of ether oxygens (including phenoxy) is 3. The molecule has 0 aromatic heterocycles. The van der Waals surface area contributed by atoms with Crippen molar-refractivity contribution in [3.8, 4) is 0 Å². The third kappa shape index (κ3) is 2.88. The molecule has 104 valence electrons. The molecule has 0 radical (unpaired) electrons. The maximum atomic E-state index is 11.8. The van der Waals surface area contributed by atoms with Crippen LogP contribution in [0.5, 0.6) is 0 Å². The summed E-state index contributed by atoms with van der Waals surface area (Å²) in [5.74, 6) is -0.237. The lowest BCUT2D eigenvalue weighted by atomic mass is 10.1. The molecule has 0 N–H and O–H groups in total. The van der Waals surface area contributed by atoms with E-state index in [2.05, 4.69) is 4.74 Å². The van der Waals surface area contributed by atoms with Gasteiger partial charge in [0.15, 0.2) is 0 Å². The third-order valence-electron chi connectivity index (χ3n) is 2.81. The summed E-state index contributed by atoms with van der Waals surface area (Å²) < 4.78 is 14.9. The first-order valence-electron chi connectivity index (χ1n) is 5.99. The molecule has 0 atom stereocenters. The van der Waals surface area contributed by atoms with Gasteiger partial charge < -0.3 is 14.2 Å². The summed E-state index contributed by atoms with van der Waals surface area (Å²) in [7, 11) is 2.58. The van der Waals surface area contributed by atoms with Gasteiger partial charge in [0.1, 0.15) is 11.5 Å².